The maximum atomic E-state index is 10.1. The molecule has 0 atom stereocenters. The Kier molecular flexibility index (Phi) is 3.83. The lowest BCUT2D eigenvalue weighted by Gasteiger charge is -2.37. The summed E-state index contributed by atoms with van der Waals surface area (Å²) in [6.45, 7) is 7.63. The zero-order valence-corrected chi connectivity index (χ0v) is 13.4. The molecular formula is C17H22N4O. The molecule has 0 amide bonds. The Balaban J connectivity index is 1.96. The summed E-state index contributed by atoms with van der Waals surface area (Å²) in [5, 5.41) is 10.1. The standard InChI is InChI=1S/C17H22N4O/c1-12-13(2)19-15(14-4-8-18-9-5-14)20-16(12)21-10-6-17(3,22)7-11-21/h4-5,8-9,22H,6-7,10-11H2,1-3H3. The van der Waals surface area contributed by atoms with Crippen molar-refractivity contribution in [3.63, 3.8) is 0 Å². The monoisotopic (exact) mass is 298 g/mol. The highest BCUT2D eigenvalue weighted by Crippen LogP contribution is 2.29. The van der Waals surface area contributed by atoms with E-state index in [1.165, 1.54) is 0 Å². The van der Waals surface area contributed by atoms with Gasteiger partial charge in [0.1, 0.15) is 5.82 Å². The van der Waals surface area contributed by atoms with Gasteiger partial charge in [0.2, 0.25) is 0 Å². The van der Waals surface area contributed by atoms with Crippen LogP contribution in [0.2, 0.25) is 0 Å². The number of hydrogen-bond donors (Lipinski definition) is 1. The van der Waals surface area contributed by atoms with Crippen molar-refractivity contribution in [2.24, 2.45) is 0 Å². The topological polar surface area (TPSA) is 62.1 Å². The second-order valence-corrected chi connectivity index (χ2v) is 6.30. The highest BCUT2D eigenvalue weighted by atomic mass is 16.3. The van der Waals surface area contributed by atoms with Crippen LogP contribution >= 0.6 is 0 Å². The molecule has 1 aliphatic rings. The lowest BCUT2D eigenvalue weighted by molar-refractivity contribution is 0.0350. The number of rotatable bonds is 2. The van der Waals surface area contributed by atoms with E-state index in [9.17, 15) is 5.11 Å². The fourth-order valence-electron chi connectivity index (χ4n) is 2.75. The summed E-state index contributed by atoms with van der Waals surface area (Å²) in [7, 11) is 0. The van der Waals surface area contributed by atoms with E-state index in [-0.39, 0.29) is 0 Å². The average molecular weight is 298 g/mol. The smallest absolute Gasteiger partial charge is 0.161 e. The Morgan fingerprint density at radius 1 is 1.09 bits per heavy atom. The molecule has 3 heterocycles. The number of aromatic nitrogens is 3. The SMILES string of the molecule is Cc1nc(-c2ccncc2)nc(N2CCC(C)(O)CC2)c1C. The zero-order chi connectivity index (χ0) is 15.7. The van der Waals surface area contributed by atoms with Gasteiger partial charge in [0, 0.05) is 42.3 Å². The molecule has 22 heavy (non-hydrogen) atoms. The molecule has 0 unspecified atom stereocenters. The van der Waals surface area contributed by atoms with Crippen molar-refractivity contribution >= 4 is 5.82 Å². The average Bonchev–Trinajstić information content (AvgIpc) is 2.51. The molecule has 0 saturated carbocycles. The van der Waals surface area contributed by atoms with E-state index in [2.05, 4.69) is 21.8 Å². The largest absolute Gasteiger partial charge is 0.390 e. The molecule has 0 spiro atoms. The molecule has 2 aromatic rings. The van der Waals surface area contributed by atoms with E-state index in [4.69, 9.17) is 4.98 Å². The number of anilines is 1. The predicted octanol–water partition coefficient (Wildman–Crippen LogP) is 2.51. The first-order valence-electron chi connectivity index (χ1n) is 7.69. The van der Waals surface area contributed by atoms with Crippen LogP contribution in [-0.2, 0) is 0 Å². The number of hydrogen-bond acceptors (Lipinski definition) is 5. The van der Waals surface area contributed by atoms with Crippen molar-refractivity contribution in [3.8, 4) is 11.4 Å². The lowest BCUT2D eigenvalue weighted by atomic mass is 9.93. The molecule has 1 fully saturated rings. The summed E-state index contributed by atoms with van der Waals surface area (Å²) >= 11 is 0. The zero-order valence-electron chi connectivity index (χ0n) is 13.4. The van der Waals surface area contributed by atoms with Crippen LogP contribution in [0.5, 0.6) is 0 Å². The summed E-state index contributed by atoms with van der Waals surface area (Å²) in [6, 6.07) is 3.85. The van der Waals surface area contributed by atoms with E-state index in [0.29, 0.717) is 0 Å². The van der Waals surface area contributed by atoms with Crippen molar-refractivity contribution in [1.29, 1.82) is 0 Å². The molecule has 1 saturated heterocycles. The van der Waals surface area contributed by atoms with Gasteiger partial charge in [0.15, 0.2) is 5.82 Å². The van der Waals surface area contributed by atoms with Gasteiger partial charge in [-0.15, -0.1) is 0 Å². The van der Waals surface area contributed by atoms with Gasteiger partial charge in [0.05, 0.1) is 5.60 Å². The third kappa shape index (κ3) is 2.95. The van der Waals surface area contributed by atoms with Crippen LogP contribution in [0.25, 0.3) is 11.4 Å². The normalized spacial score (nSPS) is 17.5. The third-order valence-corrected chi connectivity index (χ3v) is 4.44. The first kappa shape index (κ1) is 14.9. The summed E-state index contributed by atoms with van der Waals surface area (Å²) in [5.74, 6) is 1.72. The Morgan fingerprint density at radius 2 is 1.73 bits per heavy atom. The van der Waals surface area contributed by atoms with Crippen LogP contribution in [-0.4, -0.2) is 38.7 Å². The molecule has 2 aromatic heterocycles. The minimum absolute atomic E-state index is 0.555. The van der Waals surface area contributed by atoms with Crippen LogP contribution in [0.15, 0.2) is 24.5 Å². The van der Waals surface area contributed by atoms with Gasteiger partial charge in [-0.25, -0.2) is 9.97 Å². The van der Waals surface area contributed by atoms with E-state index in [1.807, 2.05) is 26.0 Å². The number of piperidine rings is 1. The number of nitrogens with zero attached hydrogens (tertiary/aromatic N) is 4. The predicted molar refractivity (Wildman–Crippen MR) is 86.8 cm³/mol. The van der Waals surface area contributed by atoms with E-state index >= 15 is 0 Å². The maximum Gasteiger partial charge on any atom is 0.161 e. The summed E-state index contributed by atoms with van der Waals surface area (Å²) in [6.07, 6.45) is 5.04. The molecule has 0 bridgehead atoms. The Hall–Kier alpha value is -2.01. The summed E-state index contributed by atoms with van der Waals surface area (Å²) in [4.78, 5) is 15.7. The molecular weight excluding hydrogens is 276 g/mol. The van der Waals surface area contributed by atoms with Crippen molar-refractivity contribution in [3.05, 3.63) is 35.8 Å². The fourth-order valence-corrected chi connectivity index (χ4v) is 2.75. The van der Waals surface area contributed by atoms with Gasteiger partial charge in [0.25, 0.3) is 0 Å². The van der Waals surface area contributed by atoms with Gasteiger partial charge in [-0.05, 0) is 45.7 Å². The molecule has 1 N–H and O–H groups in total. The quantitative estimate of drug-likeness (QED) is 0.923. The molecule has 3 rings (SSSR count). The molecule has 5 heteroatoms. The van der Waals surface area contributed by atoms with Crippen molar-refractivity contribution < 1.29 is 5.11 Å². The first-order chi connectivity index (χ1) is 10.5. The summed E-state index contributed by atoms with van der Waals surface area (Å²) < 4.78 is 0. The minimum Gasteiger partial charge on any atom is -0.390 e. The second-order valence-electron chi connectivity index (χ2n) is 6.30. The number of pyridine rings is 1. The van der Waals surface area contributed by atoms with E-state index in [0.717, 1.165) is 54.4 Å². The van der Waals surface area contributed by atoms with E-state index < -0.39 is 5.60 Å². The van der Waals surface area contributed by atoms with E-state index in [1.54, 1.807) is 12.4 Å². The van der Waals surface area contributed by atoms with Crippen molar-refractivity contribution in [1.82, 2.24) is 15.0 Å². The number of aryl methyl sites for hydroxylation is 1. The fraction of sp³-hybridized carbons (Fsp3) is 0.471. The Morgan fingerprint density at radius 3 is 2.36 bits per heavy atom. The van der Waals surface area contributed by atoms with Crippen LogP contribution < -0.4 is 4.90 Å². The minimum atomic E-state index is -0.555. The molecule has 0 radical (unpaired) electrons. The van der Waals surface area contributed by atoms with Gasteiger partial charge in [-0.1, -0.05) is 0 Å². The van der Waals surface area contributed by atoms with Gasteiger partial charge in [-0.2, -0.15) is 0 Å². The van der Waals surface area contributed by atoms with Crippen LogP contribution in [0.3, 0.4) is 0 Å². The van der Waals surface area contributed by atoms with Gasteiger partial charge >= 0.3 is 0 Å². The lowest BCUT2D eigenvalue weighted by Crippen LogP contribution is -2.43. The van der Waals surface area contributed by atoms with Gasteiger partial charge < -0.3 is 10.0 Å². The summed E-state index contributed by atoms with van der Waals surface area (Å²) in [5.41, 5.74) is 2.53. The van der Waals surface area contributed by atoms with Crippen LogP contribution in [0, 0.1) is 13.8 Å². The van der Waals surface area contributed by atoms with Crippen molar-refractivity contribution in [2.45, 2.75) is 39.2 Å². The van der Waals surface area contributed by atoms with Crippen LogP contribution in [0.1, 0.15) is 31.0 Å². The highest BCUT2D eigenvalue weighted by molar-refractivity contribution is 5.60. The number of aliphatic hydroxyl groups is 1. The second kappa shape index (κ2) is 5.65. The molecule has 0 aliphatic carbocycles. The maximum absolute atomic E-state index is 10.1. The molecule has 5 nitrogen and oxygen atoms in total. The third-order valence-electron chi connectivity index (χ3n) is 4.44. The Labute approximate surface area is 131 Å². The molecule has 1 aliphatic heterocycles. The van der Waals surface area contributed by atoms with Crippen molar-refractivity contribution in [2.75, 3.05) is 18.0 Å². The Bertz CT molecular complexity index is 660. The highest BCUT2D eigenvalue weighted by Gasteiger charge is 2.29. The molecule has 116 valence electrons. The van der Waals surface area contributed by atoms with Crippen LogP contribution in [0.4, 0.5) is 5.82 Å². The van der Waals surface area contributed by atoms with Gasteiger partial charge in [-0.3, -0.25) is 4.98 Å². The first-order valence-corrected chi connectivity index (χ1v) is 7.69. The molecule has 0 aromatic carbocycles.